The molecule has 9 aromatic carbocycles. The molecule has 0 aromatic heterocycles. The molecule has 0 radical (unpaired) electrons. The number of benzene rings is 9. The van der Waals surface area contributed by atoms with Crippen molar-refractivity contribution in [3.63, 3.8) is 0 Å². The van der Waals surface area contributed by atoms with Crippen molar-refractivity contribution in [2.45, 2.75) is 121 Å². The zero-order chi connectivity index (χ0) is 70.1. The maximum absolute atomic E-state index is 14.1. The number of amides is 6. The summed E-state index contributed by atoms with van der Waals surface area (Å²) in [5.74, 6) is -0.408. The molecular weight excluding hydrogens is 1250 g/mol. The molecule has 18 nitrogen and oxygen atoms in total. The number of hydrogen-bond acceptors (Lipinski definition) is 12. The zero-order valence-corrected chi connectivity index (χ0v) is 56.5. The van der Waals surface area contributed by atoms with E-state index in [1.54, 1.807) is 0 Å². The van der Waals surface area contributed by atoms with Crippen molar-refractivity contribution in [3.8, 4) is 17.2 Å². The fraction of sp³-hybridized carbons (Fsp3) is 0.268. The molecular formula is C82H91N9O9. The molecule has 3 atom stereocenters. The Morgan fingerprint density at radius 3 is 0.780 bits per heavy atom. The number of nitrogens with one attached hydrogen (secondary N) is 6. The first kappa shape index (κ1) is 73.3. The molecule has 0 aliphatic rings. The fourth-order valence-electron chi connectivity index (χ4n) is 11.5. The average Bonchev–Trinajstić information content (AvgIpc) is 0.806. The minimum absolute atomic E-state index is 0.0612. The van der Waals surface area contributed by atoms with Crippen molar-refractivity contribution < 1.29 is 43.0 Å². The largest absolute Gasteiger partial charge is 0.489 e. The molecule has 0 aliphatic carbocycles. The Labute approximate surface area is 586 Å². The third-order valence-electron chi connectivity index (χ3n) is 16.9. The van der Waals surface area contributed by atoms with Crippen LogP contribution in [0.3, 0.4) is 0 Å². The minimum Gasteiger partial charge on any atom is -0.489 e. The summed E-state index contributed by atoms with van der Waals surface area (Å²) in [6.07, 6.45) is 5.22. The first-order chi connectivity index (χ1) is 48.9. The van der Waals surface area contributed by atoms with Crippen molar-refractivity contribution in [2.75, 3.05) is 35.6 Å². The first-order valence-corrected chi connectivity index (χ1v) is 34.3. The highest BCUT2D eigenvalue weighted by atomic mass is 16.5. The molecule has 0 spiro atoms. The number of rotatable bonds is 39. The van der Waals surface area contributed by atoms with Crippen molar-refractivity contribution in [3.05, 3.63) is 287 Å². The summed E-state index contributed by atoms with van der Waals surface area (Å²) in [6, 6.07) is 71.5. The Bertz CT molecular complexity index is 3570. The SMILES string of the molecule is NCCCC[C@H](NC(=O)Cc1ccc(OCc2ccccc2)cc1)C(=O)Nc1ccc(C(c2ccc(NC(=O)[C@H](CCCCN)NC(=O)Cc3ccc(OCc4ccccc4)cc3)cc2)c2ccc(NC(=O)[C@H](CCCCN)NC(=O)Cc3ccc(OCc4ccccc4)cc3)cc2)cc1. The second-order valence-corrected chi connectivity index (χ2v) is 24.8. The van der Waals surface area contributed by atoms with Gasteiger partial charge < -0.3 is 63.3 Å². The Hall–Kier alpha value is -10.9. The normalized spacial score (nSPS) is 11.9. The van der Waals surface area contributed by atoms with E-state index < -0.39 is 24.0 Å². The van der Waals surface area contributed by atoms with Crippen molar-refractivity contribution >= 4 is 52.5 Å². The summed E-state index contributed by atoms with van der Waals surface area (Å²) in [5.41, 5.74) is 27.1. The maximum Gasteiger partial charge on any atom is 0.246 e. The van der Waals surface area contributed by atoms with Crippen LogP contribution in [-0.4, -0.2) is 73.2 Å². The second kappa shape index (κ2) is 39.5. The zero-order valence-electron chi connectivity index (χ0n) is 56.5. The van der Waals surface area contributed by atoms with Crippen molar-refractivity contribution in [2.24, 2.45) is 17.2 Å². The van der Waals surface area contributed by atoms with Crippen molar-refractivity contribution in [1.29, 1.82) is 0 Å². The van der Waals surface area contributed by atoms with Crippen LogP contribution in [-0.2, 0) is 67.9 Å². The van der Waals surface area contributed by atoms with Gasteiger partial charge in [-0.05, 0) is 200 Å². The van der Waals surface area contributed by atoms with E-state index in [2.05, 4.69) is 31.9 Å². The fourth-order valence-corrected chi connectivity index (χ4v) is 11.5. The maximum atomic E-state index is 14.1. The number of carbonyl (C=O) groups excluding carboxylic acids is 6. The van der Waals surface area contributed by atoms with Gasteiger partial charge in [0.15, 0.2) is 0 Å². The second-order valence-electron chi connectivity index (χ2n) is 24.8. The van der Waals surface area contributed by atoms with Gasteiger partial charge in [-0.2, -0.15) is 0 Å². The quantitative estimate of drug-likeness (QED) is 0.0128. The van der Waals surface area contributed by atoms with Crippen LogP contribution in [0.1, 0.15) is 114 Å². The molecule has 0 saturated heterocycles. The van der Waals surface area contributed by atoms with Crippen LogP contribution in [0.15, 0.2) is 237 Å². The van der Waals surface area contributed by atoms with E-state index in [-0.39, 0.29) is 54.7 Å². The Morgan fingerprint density at radius 1 is 0.290 bits per heavy atom. The third kappa shape index (κ3) is 24.3. The number of unbranched alkanes of at least 4 members (excludes halogenated alkanes) is 3. The lowest BCUT2D eigenvalue weighted by Crippen LogP contribution is -2.44. The van der Waals surface area contributed by atoms with Crippen LogP contribution in [0, 0.1) is 0 Å². The standard InChI is InChI=1S/C82H91N9O9/c83-49-13-10-22-73(89-76(92)52-58-25-43-70(44-26-58)98-55-61-16-4-1-5-17-61)80(95)86-67-37-31-64(32-38-67)79(65-33-39-68(40-34-65)87-81(96)74(23-11-14-50-84)90-77(93)53-59-27-45-71(46-28-59)99-56-62-18-6-2-7-19-62)66-35-41-69(42-36-66)88-82(97)75(24-12-15-51-85)91-78(94)54-60-29-47-72(48-30-60)100-57-63-20-8-3-9-21-63/h1-9,16-21,25-48,73-75,79H,10-15,22-24,49-57,83-85H2,(H,86,95)(H,87,96)(H,88,97)(H,89,92)(H,90,93)(H,91,94)/t73-,74-,75-/m0/s1. The molecule has 6 amide bonds. The lowest BCUT2D eigenvalue weighted by molar-refractivity contribution is -0.126. The van der Waals surface area contributed by atoms with E-state index in [4.69, 9.17) is 31.4 Å². The molecule has 9 rings (SSSR count). The molecule has 100 heavy (non-hydrogen) atoms. The number of carbonyl (C=O) groups is 6. The molecule has 18 heteroatoms. The van der Waals surface area contributed by atoms with Gasteiger partial charge in [0.05, 0.1) is 19.3 Å². The molecule has 0 aliphatic heterocycles. The molecule has 0 saturated carbocycles. The van der Waals surface area contributed by atoms with E-state index in [0.717, 1.165) is 50.1 Å². The van der Waals surface area contributed by atoms with E-state index in [9.17, 15) is 28.8 Å². The van der Waals surface area contributed by atoms with Crippen LogP contribution >= 0.6 is 0 Å². The van der Waals surface area contributed by atoms with Crippen LogP contribution in [0.5, 0.6) is 17.2 Å². The van der Waals surface area contributed by atoms with Crippen molar-refractivity contribution in [1.82, 2.24) is 16.0 Å². The number of ether oxygens (including phenoxy) is 3. The number of anilines is 3. The highest BCUT2D eigenvalue weighted by Gasteiger charge is 2.26. The molecule has 518 valence electrons. The Balaban J connectivity index is 0.884. The minimum atomic E-state index is -0.836. The van der Waals surface area contributed by atoms with Gasteiger partial charge >= 0.3 is 0 Å². The van der Waals surface area contributed by atoms with Gasteiger partial charge in [0.2, 0.25) is 35.4 Å². The molecule has 0 heterocycles. The molecule has 0 fully saturated rings. The van der Waals surface area contributed by atoms with Gasteiger partial charge in [0.1, 0.15) is 55.2 Å². The Kier molecular flexibility index (Phi) is 28.9. The molecule has 12 N–H and O–H groups in total. The summed E-state index contributed by atoms with van der Waals surface area (Å²) < 4.78 is 17.8. The van der Waals surface area contributed by atoms with Gasteiger partial charge in [0, 0.05) is 23.0 Å². The topological polar surface area (TPSA) is 280 Å². The molecule has 9 aromatic rings. The van der Waals surface area contributed by atoms with Gasteiger partial charge in [-0.1, -0.05) is 164 Å². The monoisotopic (exact) mass is 1350 g/mol. The summed E-state index contributed by atoms with van der Waals surface area (Å²) >= 11 is 0. The van der Waals surface area contributed by atoms with E-state index in [1.165, 1.54) is 0 Å². The number of hydrogen-bond donors (Lipinski definition) is 9. The molecule has 0 unspecified atom stereocenters. The van der Waals surface area contributed by atoms with Crippen LogP contribution in [0.25, 0.3) is 0 Å². The van der Waals surface area contributed by atoms with Crippen LogP contribution < -0.4 is 63.3 Å². The van der Waals surface area contributed by atoms with Gasteiger partial charge in [-0.15, -0.1) is 0 Å². The Morgan fingerprint density at radius 2 is 0.540 bits per heavy atom. The predicted molar refractivity (Wildman–Crippen MR) is 393 cm³/mol. The van der Waals surface area contributed by atoms with E-state index in [0.29, 0.717) is 132 Å². The van der Waals surface area contributed by atoms with Gasteiger partial charge in [-0.3, -0.25) is 28.8 Å². The molecule has 0 bridgehead atoms. The van der Waals surface area contributed by atoms with Gasteiger partial charge in [-0.25, -0.2) is 0 Å². The van der Waals surface area contributed by atoms with E-state index >= 15 is 0 Å². The lowest BCUT2D eigenvalue weighted by atomic mass is 9.85. The predicted octanol–water partition coefficient (Wildman–Crippen LogP) is 12.0. The number of nitrogens with two attached hydrogens (primary N) is 3. The summed E-state index contributed by atoms with van der Waals surface area (Å²) in [6.45, 7) is 2.58. The van der Waals surface area contributed by atoms with E-state index in [1.807, 2.05) is 237 Å². The van der Waals surface area contributed by atoms with Crippen LogP contribution in [0.4, 0.5) is 17.1 Å². The summed E-state index contributed by atoms with van der Waals surface area (Å²) in [4.78, 5) is 83.0. The lowest BCUT2D eigenvalue weighted by Gasteiger charge is -2.22. The average molecular weight is 1350 g/mol. The highest BCUT2D eigenvalue weighted by molar-refractivity contribution is 5.99. The summed E-state index contributed by atoms with van der Waals surface area (Å²) in [7, 11) is 0. The van der Waals surface area contributed by atoms with Gasteiger partial charge in [0.25, 0.3) is 0 Å². The van der Waals surface area contributed by atoms with Crippen LogP contribution in [0.2, 0.25) is 0 Å². The summed E-state index contributed by atoms with van der Waals surface area (Å²) in [5, 5.41) is 18.0. The first-order valence-electron chi connectivity index (χ1n) is 34.3. The highest BCUT2D eigenvalue weighted by Crippen LogP contribution is 2.35. The smallest absolute Gasteiger partial charge is 0.246 e. The third-order valence-corrected chi connectivity index (χ3v) is 16.9.